The third-order valence-electron chi connectivity index (χ3n) is 4.84. The van der Waals surface area contributed by atoms with E-state index in [1.54, 1.807) is 0 Å². The van der Waals surface area contributed by atoms with Gasteiger partial charge in [0.25, 0.3) is 11.6 Å². The van der Waals surface area contributed by atoms with Gasteiger partial charge in [0.05, 0.1) is 16.6 Å². The van der Waals surface area contributed by atoms with Gasteiger partial charge in [-0.3, -0.25) is 4.79 Å². The average Bonchev–Trinajstić information content (AvgIpc) is 3.31. The topological polar surface area (TPSA) is 80.0 Å². The van der Waals surface area contributed by atoms with E-state index in [1.807, 2.05) is 13.0 Å². The monoisotopic (exact) mass is 314 g/mol. The van der Waals surface area contributed by atoms with Crippen LogP contribution in [0.15, 0.2) is 10.6 Å². The Morgan fingerprint density at radius 3 is 2.96 bits per heavy atom. The highest BCUT2D eigenvalue weighted by Crippen LogP contribution is 2.40. The maximum atomic E-state index is 12.9. The Labute approximate surface area is 135 Å². The van der Waals surface area contributed by atoms with Gasteiger partial charge in [-0.15, -0.1) is 0 Å². The lowest BCUT2D eigenvalue weighted by Crippen LogP contribution is -2.46. The van der Waals surface area contributed by atoms with E-state index >= 15 is 0 Å². The van der Waals surface area contributed by atoms with Crippen LogP contribution in [0.4, 0.5) is 0 Å². The number of carbonyl (C=O) groups is 1. The highest BCUT2D eigenvalue weighted by atomic mass is 16.5. The molecule has 0 spiro atoms. The van der Waals surface area contributed by atoms with Gasteiger partial charge in [0, 0.05) is 23.7 Å². The van der Waals surface area contributed by atoms with E-state index in [4.69, 9.17) is 4.52 Å². The molecule has 1 saturated heterocycles. The van der Waals surface area contributed by atoms with Crippen LogP contribution in [0.3, 0.4) is 0 Å². The Bertz CT molecular complexity index is 750. The summed E-state index contributed by atoms with van der Waals surface area (Å²) in [7, 11) is 0. The number of aryl methyl sites for hydroxylation is 1. The molecule has 4 rings (SSSR count). The van der Waals surface area contributed by atoms with Gasteiger partial charge < -0.3 is 15.2 Å². The molecule has 0 aromatic carbocycles. The van der Waals surface area contributed by atoms with E-state index < -0.39 is 0 Å². The Balaban J connectivity index is 1.66. The molecule has 0 radical (unpaired) electrons. The Kier molecular flexibility index (Phi) is 3.56. The predicted molar refractivity (Wildman–Crippen MR) is 86.5 cm³/mol. The van der Waals surface area contributed by atoms with Crippen molar-refractivity contribution in [3.63, 3.8) is 0 Å². The van der Waals surface area contributed by atoms with E-state index in [0.29, 0.717) is 23.2 Å². The van der Waals surface area contributed by atoms with Gasteiger partial charge in [-0.1, -0.05) is 5.16 Å². The summed E-state index contributed by atoms with van der Waals surface area (Å²) in [6.45, 7) is 4.95. The fraction of sp³-hybridized carbons (Fsp3) is 0.588. The molecule has 1 saturated carbocycles. The summed E-state index contributed by atoms with van der Waals surface area (Å²) in [5, 5.41) is 11.3. The molecule has 23 heavy (non-hydrogen) atoms. The number of rotatable bonds is 3. The molecule has 0 bridgehead atoms. The van der Waals surface area contributed by atoms with E-state index in [-0.39, 0.29) is 11.9 Å². The van der Waals surface area contributed by atoms with Gasteiger partial charge in [0.2, 0.25) is 0 Å². The minimum atomic E-state index is -0.0373. The molecule has 3 heterocycles. The number of hydrogen-bond acceptors (Lipinski definition) is 5. The zero-order chi connectivity index (χ0) is 16.0. The maximum Gasteiger partial charge on any atom is 0.259 e. The smallest absolute Gasteiger partial charge is 0.259 e. The molecule has 122 valence electrons. The summed E-state index contributed by atoms with van der Waals surface area (Å²) in [6.07, 6.45) is 4.19. The van der Waals surface area contributed by atoms with Crippen LogP contribution < -0.4 is 10.6 Å². The second-order valence-corrected chi connectivity index (χ2v) is 6.87. The molecule has 2 N–H and O–H groups in total. The number of nitrogens with one attached hydrogen (secondary N) is 2. The molecular weight excluding hydrogens is 292 g/mol. The largest absolute Gasteiger partial charge is 0.349 e. The molecule has 1 aliphatic heterocycles. The lowest BCUT2D eigenvalue weighted by molar-refractivity contribution is 0.0927. The van der Waals surface area contributed by atoms with Crippen molar-refractivity contribution < 1.29 is 9.32 Å². The maximum absolute atomic E-state index is 12.9. The summed E-state index contributed by atoms with van der Waals surface area (Å²) >= 11 is 0. The van der Waals surface area contributed by atoms with Crippen LogP contribution in [-0.4, -0.2) is 34.7 Å². The minimum Gasteiger partial charge on any atom is -0.349 e. The first-order valence-electron chi connectivity index (χ1n) is 8.43. The molecule has 2 unspecified atom stereocenters. The second-order valence-electron chi connectivity index (χ2n) is 6.87. The molecule has 2 aromatic heterocycles. The Morgan fingerprint density at radius 1 is 1.39 bits per heavy atom. The molecule has 2 fully saturated rings. The number of hydrogen-bond donors (Lipinski definition) is 2. The lowest BCUT2D eigenvalue weighted by Gasteiger charge is -2.28. The van der Waals surface area contributed by atoms with Crippen LogP contribution >= 0.6 is 0 Å². The normalized spacial score (nSPS) is 24.8. The van der Waals surface area contributed by atoms with Crippen LogP contribution in [0.5, 0.6) is 0 Å². The van der Waals surface area contributed by atoms with Crippen molar-refractivity contribution in [1.82, 2.24) is 20.8 Å². The van der Waals surface area contributed by atoms with Gasteiger partial charge in [0.15, 0.2) is 0 Å². The van der Waals surface area contributed by atoms with Crippen LogP contribution in [0.2, 0.25) is 0 Å². The predicted octanol–water partition coefficient (Wildman–Crippen LogP) is 2.28. The number of aromatic nitrogens is 2. The lowest BCUT2D eigenvalue weighted by atomic mass is 9.99. The van der Waals surface area contributed by atoms with Gasteiger partial charge in [-0.2, -0.15) is 0 Å². The first kappa shape index (κ1) is 14.6. The minimum absolute atomic E-state index is 0.0373. The fourth-order valence-corrected chi connectivity index (χ4v) is 3.41. The number of pyridine rings is 1. The van der Waals surface area contributed by atoms with Crippen molar-refractivity contribution in [2.24, 2.45) is 0 Å². The van der Waals surface area contributed by atoms with Crippen LogP contribution in [-0.2, 0) is 0 Å². The van der Waals surface area contributed by atoms with E-state index in [1.165, 1.54) is 0 Å². The molecule has 6 heteroatoms. The van der Waals surface area contributed by atoms with Crippen LogP contribution in [0.25, 0.3) is 11.1 Å². The van der Waals surface area contributed by atoms with E-state index in [2.05, 4.69) is 27.7 Å². The van der Waals surface area contributed by atoms with Gasteiger partial charge in [0.1, 0.15) is 0 Å². The standard InChI is InChI=1S/C17H22N4O2/c1-9-7-12(5-6-18-9)19-16(22)13-8-14(11-3-4-11)20-17-15(13)10(2)21-23-17/h8-9,11-12,18H,3-7H2,1-2H3,(H,19,22). The number of fused-ring (bicyclic) bond motifs is 1. The molecule has 6 nitrogen and oxygen atoms in total. The fourth-order valence-electron chi connectivity index (χ4n) is 3.41. The van der Waals surface area contributed by atoms with Crippen molar-refractivity contribution in [2.75, 3.05) is 6.54 Å². The average molecular weight is 314 g/mol. The SMILES string of the molecule is Cc1noc2nc(C3CC3)cc(C(=O)NC3CCNC(C)C3)c12. The molecular formula is C17H22N4O2. The molecule has 1 aliphatic carbocycles. The Morgan fingerprint density at radius 2 is 2.22 bits per heavy atom. The number of nitrogens with zero attached hydrogens (tertiary/aromatic N) is 2. The van der Waals surface area contributed by atoms with Crippen molar-refractivity contribution in [1.29, 1.82) is 0 Å². The van der Waals surface area contributed by atoms with Gasteiger partial charge in [-0.25, -0.2) is 4.98 Å². The second kappa shape index (κ2) is 5.60. The van der Waals surface area contributed by atoms with Gasteiger partial charge in [-0.05, 0) is 52.1 Å². The summed E-state index contributed by atoms with van der Waals surface area (Å²) in [4.78, 5) is 17.4. The molecule has 2 aromatic rings. The molecule has 2 aliphatic rings. The number of carbonyl (C=O) groups excluding carboxylic acids is 1. The first-order chi connectivity index (χ1) is 11.1. The van der Waals surface area contributed by atoms with Gasteiger partial charge >= 0.3 is 0 Å². The van der Waals surface area contributed by atoms with E-state index in [9.17, 15) is 4.79 Å². The zero-order valence-electron chi connectivity index (χ0n) is 13.6. The quantitative estimate of drug-likeness (QED) is 0.908. The summed E-state index contributed by atoms with van der Waals surface area (Å²) in [5.74, 6) is 0.431. The van der Waals surface area contributed by atoms with Crippen molar-refractivity contribution in [2.45, 2.75) is 57.5 Å². The Hall–Kier alpha value is -1.95. The summed E-state index contributed by atoms with van der Waals surface area (Å²) < 4.78 is 5.31. The highest BCUT2D eigenvalue weighted by Gasteiger charge is 2.29. The highest BCUT2D eigenvalue weighted by molar-refractivity contribution is 6.06. The van der Waals surface area contributed by atoms with Crippen molar-refractivity contribution in [3.8, 4) is 0 Å². The summed E-state index contributed by atoms with van der Waals surface area (Å²) in [5.41, 5.74) is 2.81. The molecule has 1 amide bonds. The number of amides is 1. The summed E-state index contributed by atoms with van der Waals surface area (Å²) in [6, 6.07) is 2.58. The van der Waals surface area contributed by atoms with Crippen molar-refractivity contribution >= 4 is 17.0 Å². The first-order valence-corrected chi connectivity index (χ1v) is 8.43. The van der Waals surface area contributed by atoms with Crippen molar-refractivity contribution in [3.05, 3.63) is 23.0 Å². The number of piperidine rings is 1. The zero-order valence-corrected chi connectivity index (χ0v) is 13.6. The third-order valence-corrected chi connectivity index (χ3v) is 4.84. The van der Waals surface area contributed by atoms with Crippen LogP contribution in [0, 0.1) is 6.92 Å². The van der Waals surface area contributed by atoms with E-state index in [0.717, 1.165) is 49.0 Å². The third kappa shape index (κ3) is 2.83. The molecule has 2 atom stereocenters. The van der Waals surface area contributed by atoms with Crippen LogP contribution in [0.1, 0.15) is 60.3 Å².